The van der Waals surface area contributed by atoms with Crippen molar-refractivity contribution >= 4 is 33.6 Å². The Morgan fingerprint density at radius 3 is 2.31 bits per heavy atom. The Balaban J connectivity index is 2.09. The number of hydrogen-bond acceptors (Lipinski definition) is 7. The first kappa shape index (κ1) is 27.7. The number of anilines is 1. The minimum atomic E-state index is -2.32. The highest BCUT2D eigenvalue weighted by molar-refractivity contribution is 6.74. The van der Waals surface area contributed by atoms with E-state index in [0.29, 0.717) is 5.52 Å². The lowest BCUT2D eigenvalue weighted by Crippen LogP contribution is -2.55. The molecular formula is C24H40FN5O3Si2. The fourth-order valence-electron chi connectivity index (χ4n) is 3.56. The van der Waals surface area contributed by atoms with Crippen molar-refractivity contribution in [3.8, 4) is 12.3 Å². The van der Waals surface area contributed by atoms with E-state index in [2.05, 4.69) is 88.6 Å². The zero-order valence-corrected chi connectivity index (χ0v) is 24.7. The van der Waals surface area contributed by atoms with Gasteiger partial charge >= 0.3 is 6.08 Å². The van der Waals surface area contributed by atoms with Crippen LogP contribution in [-0.2, 0) is 13.6 Å². The molecule has 35 heavy (non-hydrogen) atoms. The maximum absolute atomic E-state index is 14.1. The molecule has 2 unspecified atom stereocenters. The molecule has 0 aliphatic carbocycles. The molecule has 3 heterocycles. The lowest BCUT2D eigenvalue weighted by Gasteiger charge is -2.44. The summed E-state index contributed by atoms with van der Waals surface area (Å²) in [4.78, 5) is 11.9. The number of rotatable bonds is 6. The monoisotopic (exact) mass is 521 g/mol. The highest BCUT2D eigenvalue weighted by Gasteiger charge is 2.56. The lowest BCUT2D eigenvalue weighted by molar-refractivity contribution is -0.0413. The summed E-state index contributed by atoms with van der Waals surface area (Å²) in [6.45, 7) is 22.2. The molecule has 0 spiro atoms. The van der Waals surface area contributed by atoms with E-state index in [0.717, 1.165) is 0 Å². The van der Waals surface area contributed by atoms with Gasteiger partial charge in [-0.05, 0) is 36.3 Å². The van der Waals surface area contributed by atoms with Crippen LogP contribution in [0.2, 0.25) is 36.3 Å². The number of nitrogens with two attached hydrogens (primary N) is 1. The smallest absolute Gasteiger partial charge is 0.312 e. The topological polar surface area (TPSA) is 97.3 Å². The van der Waals surface area contributed by atoms with Crippen LogP contribution in [0.1, 0.15) is 47.6 Å². The summed E-state index contributed by atoms with van der Waals surface area (Å²) in [7, 11) is -4.45. The van der Waals surface area contributed by atoms with E-state index in [4.69, 9.17) is 25.7 Å². The van der Waals surface area contributed by atoms with Crippen LogP contribution in [0, 0.1) is 18.4 Å². The Morgan fingerprint density at radius 2 is 1.77 bits per heavy atom. The second-order valence-corrected chi connectivity index (χ2v) is 22.0. The van der Waals surface area contributed by atoms with Gasteiger partial charge in [0.25, 0.3) is 0 Å². The van der Waals surface area contributed by atoms with Crippen molar-refractivity contribution in [3.05, 3.63) is 12.4 Å². The molecular weight excluding hydrogens is 481 g/mol. The van der Waals surface area contributed by atoms with Crippen LogP contribution < -0.4 is 5.73 Å². The van der Waals surface area contributed by atoms with Gasteiger partial charge in [-0.2, -0.15) is 14.4 Å². The molecule has 0 aromatic carbocycles. The van der Waals surface area contributed by atoms with E-state index in [9.17, 15) is 4.39 Å². The number of imidazole rings is 1. The average Bonchev–Trinajstić information content (AvgIpc) is 3.26. The second-order valence-electron chi connectivity index (χ2n) is 12.5. The molecule has 0 amide bonds. The predicted molar refractivity (Wildman–Crippen MR) is 141 cm³/mol. The standard InChI is InChI=1S/C24H40FN5O3Si2/c1-12-24(14-32-34(8,9)22(2,3)4)18(33-35(10,11)23(5,6)7)16(13-31-24)30-15-27-17-19(26)28-21(25)29-20(17)30/h1,15-16,18H,13-14H2,2-11H3,(H2,26,28,29)/t16?,18?,24-/m1/s1. The van der Waals surface area contributed by atoms with E-state index in [1.165, 1.54) is 0 Å². The molecule has 1 fully saturated rings. The Labute approximate surface area is 210 Å². The first-order valence-electron chi connectivity index (χ1n) is 11.9. The van der Waals surface area contributed by atoms with E-state index >= 15 is 0 Å². The Hall–Kier alpha value is -1.85. The van der Waals surface area contributed by atoms with Crippen LogP contribution >= 0.6 is 0 Å². The molecule has 1 saturated heterocycles. The van der Waals surface area contributed by atoms with Gasteiger partial charge in [0.15, 0.2) is 33.7 Å². The summed E-state index contributed by atoms with van der Waals surface area (Å²) in [6.07, 6.45) is 6.27. The molecule has 8 nitrogen and oxygen atoms in total. The minimum absolute atomic E-state index is 0.00308. The molecule has 11 heteroatoms. The third-order valence-corrected chi connectivity index (χ3v) is 17.0. The number of nitrogen functional groups attached to an aromatic ring is 1. The minimum Gasteiger partial charge on any atom is -0.413 e. The van der Waals surface area contributed by atoms with E-state index < -0.39 is 40.5 Å². The van der Waals surface area contributed by atoms with Gasteiger partial charge in [-0.3, -0.25) is 0 Å². The maximum Gasteiger partial charge on any atom is 0.312 e. The second kappa shape index (κ2) is 8.92. The highest BCUT2D eigenvalue weighted by atomic mass is 28.4. The SMILES string of the molecule is C#C[C@]1(CO[Si](C)(C)C(C)(C)C)OCC(n2cnc3c(N)nc(F)nc32)C1O[Si](C)(C)C(C)(C)C. The molecule has 0 saturated carbocycles. The van der Waals surface area contributed by atoms with Crippen molar-refractivity contribution in [2.75, 3.05) is 18.9 Å². The summed E-state index contributed by atoms with van der Waals surface area (Å²) in [5.41, 5.74) is 5.40. The zero-order valence-electron chi connectivity index (χ0n) is 22.7. The summed E-state index contributed by atoms with van der Waals surface area (Å²) in [5, 5.41) is -0.0699. The Bertz CT molecular complexity index is 1130. The summed E-state index contributed by atoms with van der Waals surface area (Å²) in [6, 6.07) is -0.401. The van der Waals surface area contributed by atoms with Gasteiger partial charge in [-0.25, -0.2) is 4.98 Å². The molecule has 0 radical (unpaired) electrons. The van der Waals surface area contributed by atoms with Gasteiger partial charge in [0.05, 0.1) is 25.6 Å². The largest absolute Gasteiger partial charge is 0.413 e. The molecule has 3 atom stereocenters. The van der Waals surface area contributed by atoms with E-state index in [1.807, 2.05) is 0 Å². The maximum atomic E-state index is 14.1. The van der Waals surface area contributed by atoms with Crippen molar-refractivity contribution in [2.45, 2.75) is 95.6 Å². The number of halogens is 1. The average molecular weight is 522 g/mol. The third kappa shape index (κ3) is 5.04. The predicted octanol–water partition coefficient (Wildman–Crippen LogP) is 4.90. The quantitative estimate of drug-likeness (QED) is 0.328. The van der Waals surface area contributed by atoms with Crippen LogP contribution in [0.3, 0.4) is 0 Å². The number of hydrogen-bond donors (Lipinski definition) is 1. The molecule has 1 aliphatic rings. The normalized spacial score (nSPS) is 24.2. The van der Waals surface area contributed by atoms with Crippen LogP contribution in [0.15, 0.2) is 6.33 Å². The number of nitrogens with zero attached hydrogens (tertiary/aromatic N) is 4. The van der Waals surface area contributed by atoms with E-state index in [1.54, 1.807) is 10.9 Å². The molecule has 2 N–H and O–H groups in total. The molecule has 1 aliphatic heterocycles. The number of aromatic nitrogens is 4. The number of ether oxygens (including phenoxy) is 1. The first-order chi connectivity index (χ1) is 15.9. The summed E-state index contributed by atoms with van der Waals surface area (Å²) < 4.78 is 35.7. The van der Waals surface area contributed by atoms with Gasteiger partial charge in [0.1, 0.15) is 11.6 Å². The van der Waals surface area contributed by atoms with Crippen molar-refractivity contribution in [3.63, 3.8) is 0 Å². The van der Waals surface area contributed by atoms with Crippen molar-refractivity contribution < 1.29 is 18.0 Å². The van der Waals surface area contributed by atoms with E-state index in [-0.39, 0.29) is 34.8 Å². The fourth-order valence-corrected chi connectivity index (χ4v) is 5.90. The summed E-state index contributed by atoms with van der Waals surface area (Å²) in [5.74, 6) is 2.88. The van der Waals surface area contributed by atoms with Crippen molar-refractivity contribution in [2.24, 2.45) is 0 Å². The molecule has 0 bridgehead atoms. The fraction of sp³-hybridized carbons (Fsp3) is 0.708. The van der Waals surface area contributed by atoms with Gasteiger partial charge < -0.3 is 23.9 Å². The van der Waals surface area contributed by atoms with Crippen LogP contribution in [0.4, 0.5) is 10.2 Å². The van der Waals surface area contributed by atoms with Gasteiger partial charge in [0.2, 0.25) is 0 Å². The number of terminal acetylenes is 1. The molecule has 194 valence electrons. The Kier molecular flexibility index (Phi) is 7.07. The Morgan fingerprint density at radius 1 is 1.17 bits per heavy atom. The molecule has 3 rings (SSSR count). The van der Waals surface area contributed by atoms with Crippen molar-refractivity contribution in [1.29, 1.82) is 0 Å². The van der Waals surface area contributed by atoms with Crippen LogP contribution in [0.25, 0.3) is 11.2 Å². The summed E-state index contributed by atoms with van der Waals surface area (Å²) >= 11 is 0. The molecule has 2 aromatic rings. The van der Waals surface area contributed by atoms with Crippen LogP contribution in [0.5, 0.6) is 0 Å². The van der Waals surface area contributed by atoms with Crippen molar-refractivity contribution in [1.82, 2.24) is 19.5 Å². The number of fused-ring (bicyclic) bond motifs is 1. The zero-order chi connectivity index (χ0) is 26.6. The van der Waals surface area contributed by atoms with Gasteiger partial charge in [-0.1, -0.05) is 47.5 Å². The highest BCUT2D eigenvalue weighted by Crippen LogP contribution is 2.45. The van der Waals surface area contributed by atoms with Gasteiger partial charge in [0, 0.05) is 0 Å². The first-order valence-corrected chi connectivity index (χ1v) is 17.8. The third-order valence-electron chi connectivity index (χ3n) is 8.02. The van der Waals surface area contributed by atoms with Gasteiger partial charge in [-0.15, -0.1) is 6.42 Å². The lowest BCUT2D eigenvalue weighted by atomic mass is 9.96. The molecule has 2 aromatic heterocycles. The van der Waals surface area contributed by atoms with Crippen LogP contribution in [-0.4, -0.2) is 61.1 Å².